The Morgan fingerprint density at radius 1 is 1.00 bits per heavy atom. The van der Waals surface area contributed by atoms with E-state index in [9.17, 15) is 4.79 Å². The summed E-state index contributed by atoms with van der Waals surface area (Å²) in [6.45, 7) is 2.26. The molecule has 0 fully saturated rings. The Balaban J connectivity index is 1.91. The number of thiophene rings is 1. The van der Waals surface area contributed by atoms with Gasteiger partial charge in [-0.15, -0.1) is 11.3 Å². The van der Waals surface area contributed by atoms with Gasteiger partial charge in [-0.3, -0.25) is 4.79 Å². The van der Waals surface area contributed by atoms with Gasteiger partial charge in [0, 0.05) is 17.4 Å². The third-order valence-electron chi connectivity index (χ3n) is 3.65. The van der Waals surface area contributed by atoms with Crippen LogP contribution in [0.3, 0.4) is 0 Å². The highest BCUT2D eigenvalue weighted by molar-refractivity contribution is 14.1. The van der Waals surface area contributed by atoms with Crippen LogP contribution in [-0.4, -0.2) is 5.78 Å². The van der Waals surface area contributed by atoms with E-state index in [1.54, 1.807) is 11.3 Å². The van der Waals surface area contributed by atoms with E-state index in [-0.39, 0.29) is 0 Å². The Kier molecular flexibility index (Phi) is 10.6. The van der Waals surface area contributed by atoms with Crippen LogP contribution in [0.15, 0.2) is 11.4 Å². The zero-order chi connectivity index (χ0) is 14.6. The van der Waals surface area contributed by atoms with Gasteiger partial charge < -0.3 is 0 Å². The zero-order valence-corrected chi connectivity index (χ0v) is 15.6. The van der Waals surface area contributed by atoms with E-state index in [1.807, 2.05) is 11.4 Å². The van der Waals surface area contributed by atoms with E-state index < -0.39 is 0 Å². The second-order valence-corrected chi connectivity index (χ2v) is 8.30. The van der Waals surface area contributed by atoms with Gasteiger partial charge in [-0.1, -0.05) is 64.7 Å². The van der Waals surface area contributed by atoms with Gasteiger partial charge in [0.25, 0.3) is 0 Å². The van der Waals surface area contributed by atoms with Gasteiger partial charge in [0.15, 0.2) is 5.78 Å². The second-order valence-electron chi connectivity index (χ2n) is 5.49. The maximum absolute atomic E-state index is 11.9. The Bertz CT molecular complexity index is 373. The molecule has 0 aliphatic carbocycles. The van der Waals surface area contributed by atoms with Gasteiger partial charge in [0.2, 0.25) is 0 Å². The first-order valence-electron chi connectivity index (χ1n) is 8.01. The number of hydrogen-bond donors (Lipinski definition) is 0. The minimum atomic E-state index is 0.323. The first kappa shape index (κ1) is 18.1. The number of halogens is 1. The number of ketones is 1. The van der Waals surface area contributed by atoms with Gasteiger partial charge in [-0.25, -0.2) is 0 Å². The minimum absolute atomic E-state index is 0.323. The summed E-state index contributed by atoms with van der Waals surface area (Å²) in [4.78, 5) is 11.9. The van der Waals surface area contributed by atoms with Crippen molar-refractivity contribution in [3.8, 4) is 0 Å². The maximum Gasteiger partial charge on any atom is 0.163 e. The molecule has 0 spiro atoms. The smallest absolute Gasteiger partial charge is 0.163 e. The predicted octanol–water partition coefficient (Wildman–Crippen LogP) is 6.85. The summed E-state index contributed by atoms with van der Waals surface area (Å²) in [5.74, 6) is 0.323. The molecule has 0 aliphatic rings. The lowest BCUT2D eigenvalue weighted by Gasteiger charge is -2.02. The minimum Gasteiger partial charge on any atom is -0.294 e. The van der Waals surface area contributed by atoms with Crippen LogP contribution >= 0.6 is 33.9 Å². The van der Waals surface area contributed by atoms with Crippen LogP contribution in [0.5, 0.6) is 0 Å². The quantitative estimate of drug-likeness (QED) is 0.211. The van der Waals surface area contributed by atoms with Crippen LogP contribution in [0, 0.1) is 2.88 Å². The van der Waals surface area contributed by atoms with Crippen molar-refractivity contribution < 1.29 is 4.79 Å². The monoisotopic (exact) mass is 406 g/mol. The molecule has 0 atom stereocenters. The lowest BCUT2D eigenvalue weighted by molar-refractivity contribution is 0.0979. The maximum atomic E-state index is 11.9. The van der Waals surface area contributed by atoms with Crippen LogP contribution in [0.4, 0.5) is 0 Å². The summed E-state index contributed by atoms with van der Waals surface area (Å²) in [5, 5.41) is 1.99. The predicted molar refractivity (Wildman–Crippen MR) is 97.8 cm³/mol. The summed E-state index contributed by atoms with van der Waals surface area (Å²) in [7, 11) is 0. The number of Topliss-reactive ketones (excluding diaryl/α,β-unsaturated/α-hetero) is 1. The summed E-state index contributed by atoms with van der Waals surface area (Å²) < 4.78 is 1.20. The highest BCUT2D eigenvalue weighted by atomic mass is 127. The SMILES string of the molecule is CCCCCCCCCCCCC(=O)c1csc(I)c1. The molecule has 20 heavy (non-hydrogen) atoms. The molecule has 0 N–H and O–H groups in total. The lowest BCUT2D eigenvalue weighted by atomic mass is 10.0. The molecular formula is C17H27IOS. The number of carbonyl (C=O) groups is 1. The fourth-order valence-electron chi connectivity index (χ4n) is 2.37. The Morgan fingerprint density at radius 2 is 1.55 bits per heavy atom. The Hall–Kier alpha value is 0.1000. The normalized spacial score (nSPS) is 10.9. The summed E-state index contributed by atoms with van der Waals surface area (Å²) in [5.41, 5.74) is 0.912. The van der Waals surface area contributed by atoms with Crippen LogP contribution < -0.4 is 0 Å². The Morgan fingerprint density at radius 3 is 2.05 bits per heavy atom. The average Bonchev–Trinajstić information content (AvgIpc) is 2.87. The van der Waals surface area contributed by atoms with E-state index >= 15 is 0 Å². The molecule has 0 radical (unpaired) electrons. The first-order valence-corrected chi connectivity index (χ1v) is 9.97. The van der Waals surface area contributed by atoms with Crippen molar-refractivity contribution in [2.24, 2.45) is 0 Å². The molecule has 114 valence electrons. The molecule has 0 saturated heterocycles. The molecule has 0 saturated carbocycles. The van der Waals surface area contributed by atoms with Gasteiger partial charge in [0.05, 0.1) is 2.88 Å². The summed E-state index contributed by atoms with van der Waals surface area (Å²) in [6, 6.07) is 2.00. The molecule has 1 aromatic rings. The standard InChI is InChI=1S/C17H27IOS/c1-2-3-4-5-6-7-8-9-10-11-12-16(19)15-13-17(18)20-14-15/h13-14H,2-12H2,1H3. The third kappa shape index (κ3) is 8.40. The van der Waals surface area contributed by atoms with Gasteiger partial charge >= 0.3 is 0 Å². The topological polar surface area (TPSA) is 17.1 Å². The van der Waals surface area contributed by atoms with E-state index in [0.29, 0.717) is 5.78 Å². The molecule has 1 aromatic heterocycles. The van der Waals surface area contributed by atoms with E-state index in [4.69, 9.17) is 0 Å². The molecule has 1 rings (SSSR count). The van der Waals surface area contributed by atoms with Crippen LogP contribution in [-0.2, 0) is 0 Å². The molecule has 0 unspecified atom stereocenters. The fraction of sp³-hybridized carbons (Fsp3) is 0.706. The van der Waals surface area contributed by atoms with Gasteiger partial charge in [-0.2, -0.15) is 0 Å². The molecule has 0 bridgehead atoms. The largest absolute Gasteiger partial charge is 0.294 e. The van der Waals surface area contributed by atoms with Crippen molar-refractivity contribution in [3.05, 3.63) is 19.9 Å². The fourth-order valence-corrected chi connectivity index (χ4v) is 3.72. The van der Waals surface area contributed by atoms with Crippen molar-refractivity contribution in [2.75, 3.05) is 0 Å². The van der Waals surface area contributed by atoms with E-state index in [2.05, 4.69) is 29.5 Å². The van der Waals surface area contributed by atoms with Crippen molar-refractivity contribution in [2.45, 2.75) is 77.6 Å². The van der Waals surface area contributed by atoms with Crippen molar-refractivity contribution in [1.29, 1.82) is 0 Å². The molecule has 1 nitrogen and oxygen atoms in total. The van der Waals surface area contributed by atoms with Gasteiger partial charge in [0.1, 0.15) is 0 Å². The zero-order valence-electron chi connectivity index (χ0n) is 12.6. The number of rotatable bonds is 12. The second kappa shape index (κ2) is 11.7. The lowest BCUT2D eigenvalue weighted by Crippen LogP contribution is -1.96. The number of hydrogen-bond acceptors (Lipinski definition) is 2. The molecular weight excluding hydrogens is 379 g/mol. The average molecular weight is 406 g/mol. The molecule has 0 amide bonds. The number of carbonyl (C=O) groups excluding carboxylic acids is 1. The van der Waals surface area contributed by atoms with E-state index in [0.717, 1.165) is 18.4 Å². The molecule has 0 aliphatic heterocycles. The highest BCUT2D eigenvalue weighted by Crippen LogP contribution is 2.19. The van der Waals surface area contributed by atoms with Gasteiger partial charge in [-0.05, 0) is 35.1 Å². The van der Waals surface area contributed by atoms with Crippen molar-refractivity contribution in [3.63, 3.8) is 0 Å². The first-order chi connectivity index (χ1) is 9.74. The number of unbranched alkanes of at least 4 members (excludes halogenated alkanes) is 9. The van der Waals surface area contributed by atoms with Crippen molar-refractivity contribution >= 4 is 39.7 Å². The highest BCUT2D eigenvalue weighted by Gasteiger charge is 2.07. The molecule has 1 heterocycles. The third-order valence-corrected chi connectivity index (χ3v) is 5.44. The summed E-state index contributed by atoms with van der Waals surface area (Å²) >= 11 is 3.93. The Labute approximate surface area is 141 Å². The van der Waals surface area contributed by atoms with Crippen LogP contribution in [0.2, 0.25) is 0 Å². The molecule has 0 aromatic carbocycles. The van der Waals surface area contributed by atoms with Crippen LogP contribution in [0.25, 0.3) is 0 Å². The van der Waals surface area contributed by atoms with Crippen LogP contribution in [0.1, 0.15) is 87.9 Å². The molecule has 3 heteroatoms. The van der Waals surface area contributed by atoms with E-state index in [1.165, 1.54) is 60.7 Å². The van der Waals surface area contributed by atoms with Crippen molar-refractivity contribution in [1.82, 2.24) is 0 Å². The summed E-state index contributed by atoms with van der Waals surface area (Å²) in [6.07, 6.45) is 13.9.